The summed E-state index contributed by atoms with van der Waals surface area (Å²) in [7, 11) is 1.63. The Morgan fingerprint density at radius 2 is 1.84 bits per heavy atom. The van der Waals surface area contributed by atoms with Gasteiger partial charge < -0.3 is 15.0 Å². The average molecular weight is 425 g/mol. The fraction of sp³-hybridized carbons (Fsp3) is 0.417. The molecule has 0 aliphatic carbocycles. The molecule has 2 aromatic rings. The lowest BCUT2D eigenvalue weighted by Gasteiger charge is -2.36. The normalized spacial score (nSPS) is 15.4. The van der Waals surface area contributed by atoms with Gasteiger partial charge >= 0.3 is 0 Å². The van der Waals surface area contributed by atoms with Crippen LogP contribution in [0.3, 0.4) is 0 Å². The van der Waals surface area contributed by atoms with E-state index in [1.807, 2.05) is 35.2 Å². The number of methoxy groups -OCH3 is 1. The Morgan fingerprint density at radius 1 is 1.16 bits per heavy atom. The maximum absolute atomic E-state index is 14.3. The lowest BCUT2D eigenvalue weighted by molar-refractivity contribution is -0.123. The predicted octanol–water partition coefficient (Wildman–Crippen LogP) is 3.34. The molecule has 0 radical (unpaired) electrons. The number of carbonyl (C=O) groups excluding carboxylic acids is 1. The Labute approximate surface area is 183 Å². The van der Waals surface area contributed by atoms with Crippen molar-refractivity contribution in [3.05, 3.63) is 59.4 Å². The van der Waals surface area contributed by atoms with E-state index in [0.717, 1.165) is 11.3 Å². The zero-order valence-corrected chi connectivity index (χ0v) is 18.3. The van der Waals surface area contributed by atoms with Crippen LogP contribution in [0.4, 0.5) is 10.1 Å². The SMILES string of the molecule is COc1ccc(C(NC(=O)CN2CCN(c3ccc(C#N)cc3F)CC2)C(C)C)cc1. The molecule has 2 aromatic carbocycles. The monoisotopic (exact) mass is 424 g/mol. The Morgan fingerprint density at radius 3 is 2.39 bits per heavy atom. The standard InChI is InChI=1S/C24H29FN4O2/c1-17(2)24(19-5-7-20(31-3)8-6-19)27-23(30)16-28-10-12-29(13-11-28)22-9-4-18(15-26)14-21(22)25/h4-9,14,17,24H,10-13,16H2,1-3H3,(H,27,30). The quantitative estimate of drug-likeness (QED) is 0.738. The van der Waals surface area contributed by atoms with Gasteiger partial charge in [-0.15, -0.1) is 0 Å². The molecule has 0 saturated carbocycles. The molecule has 0 aromatic heterocycles. The van der Waals surface area contributed by atoms with Crippen LogP contribution in [0, 0.1) is 23.1 Å². The van der Waals surface area contributed by atoms with Gasteiger partial charge in [0.2, 0.25) is 5.91 Å². The van der Waals surface area contributed by atoms with Crippen LogP contribution in [0.2, 0.25) is 0 Å². The van der Waals surface area contributed by atoms with Crippen molar-refractivity contribution in [2.75, 3.05) is 44.7 Å². The summed E-state index contributed by atoms with van der Waals surface area (Å²) < 4.78 is 19.5. The third-order valence-electron chi connectivity index (χ3n) is 5.62. The van der Waals surface area contributed by atoms with E-state index in [2.05, 4.69) is 24.1 Å². The highest BCUT2D eigenvalue weighted by molar-refractivity contribution is 5.78. The molecule has 1 unspecified atom stereocenters. The third kappa shape index (κ3) is 5.74. The molecule has 1 N–H and O–H groups in total. The molecular formula is C24H29FN4O2. The number of hydrogen-bond acceptors (Lipinski definition) is 5. The highest BCUT2D eigenvalue weighted by atomic mass is 19.1. The highest BCUT2D eigenvalue weighted by Crippen LogP contribution is 2.24. The highest BCUT2D eigenvalue weighted by Gasteiger charge is 2.23. The number of nitriles is 1. The van der Waals surface area contributed by atoms with Crippen molar-refractivity contribution in [1.82, 2.24) is 10.2 Å². The van der Waals surface area contributed by atoms with Gasteiger partial charge in [0.25, 0.3) is 0 Å². The number of hydrogen-bond donors (Lipinski definition) is 1. The van der Waals surface area contributed by atoms with Crippen molar-refractivity contribution >= 4 is 11.6 Å². The number of anilines is 1. The first-order valence-electron chi connectivity index (χ1n) is 10.5. The summed E-state index contributed by atoms with van der Waals surface area (Å²) >= 11 is 0. The number of nitrogens with one attached hydrogen (secondary N) is 1. The van der Waals surface area contributed by atoms with E-state index in [0.29, 0.717) is 44.0 Å². The maximum Gasteiger partial charge on any atom is 0.234 e. The molecule has 1 aliphatic heterocycles. The summed E-state index contributed by atoms with van der Waals surface area (Å²) in [4.78, 5) is 16.8. The molecule has 6 nitrogen and oxygen atoms in total. The number of halogens is 1. The average Bonchev–Trinajstić information content (AvgIpc) is 2.78. The first-order chi connectivity index (χ1) is 14.9. The second kappa shape index (κ2) is 10.3. The van der Waals surface area contributed by atoms with Gasteiger partial charge in [0.1, 0.15) is 11.6 Å². The maximum atomic E-state index is 14.3. The van der Waals surface area contributed by atoms with Gasteiger partial charge in [-0.25, -0.2) is 4.39 Å². The minimum Gasteiger partial charge on any atom is -0.497 e. The van der Waals surface area contributed by atoms with Gasteiger partial charge in [-0.3, -0.25) is 9.69 Å². The number of benzene rings is 2. The second-order valence-corrected chi connectivity index (χ2v) is 8.10. The summed E-state index contributed by atoms with van der Waals surface area (Å²) in [6.07, 6.45) is 0. The van der Waals surface area contributed by atoms with Gasteiger partial charge in [0.05, 0.1) is 37.0 Å². The van der Waals surface area contributed by atoms with Crippen molar-refractivity contribution in [1.29, 1.82) is 5.26 Å². The van der Waals surface area contributed by atoms with Crippen molar-refractivity contribution < 1.29 is 13.9 Å². The van der Waals surface area contributed by atoms with Crippen LogP contribution in [0.5, 0.6) is 5.75 Å². The van der Waals surface area contributed by atoms with Gasteiger partial charge in [-0.1, -0.05) is 26.0 Å². The van der Waals surface area contributed by atoms with E-state index < -0.39 is 0 Å². The summed E-state index contributed by atoms with van der Waals surface area (Å²) in [5, 5.41) is 12.1. The van der Waals surface area contributed by atoms with Crippen molar-refractivity contribution in [2.24, 2.45) is 5.92 Å². The van der Waals surface area contributed by atoms with Crippen LogP contribution in [-0.2, 0) is 4.79 Å². The van der Waals surface area contributed by atoms with E-state index in [9.17, 15) is 9.18 Å². The van der Waals surface area contributed by atoms with Crippen LogP contribution in [0.15, 0.2) is 42.5 Å². The molecule has 164 valence electrons. The van der Waals surface area contributed by atoms with E-state index in [-0.39, 0.29) is 23.7 Å². The van der Waals surface area contributed by atoms with Gasteiger partial charge in [0.15, 0.2) is 0 Å². The first kappa shape index (κ1) is 22.6. The van der Waals surface area contributed by atoms with Crippen molar-refractivity contribution in [3.63, 3.8) is 0 Å². The minimum absolute atomic E-state index is 0.0208. The van der Waals surface area contributed by atoms with E-state index in [1.165, 1.54) is 6.07 Å². The number of nitrogens with zero attached hydrogens (tertiary/aromatic N) is 3. The predicted molar refractivity (Wildman–Crippen MR) is 118 cm³/mol. The lowest BCUT2D eigenvalue weighted by atomic mass is 9.96. The van der Waals surface area contributed by atoms with Crippen LogP contribution >= 0.6 is 0 Å². The first-order valence-corrected chi connectivity index (χ1v) is 10.5. The molecule has 1 heterocycles. The van der Waals surface area contributed by atoms with Crippen LogP contribution in [0.25, 0.3) is 0 Å². The van der Waals surface area contributed by atoms with E-state index in [1.54, 1.807) is 19.2 Å². The second-order valence-electron chi connectivity index (χ2n) is 8.10. The molecule has 1 saturated heterocycles. The number of piperazine rings is 1. The molecule has 0 bridgehead atoms. The molecule has 3 rings (SSSR count). The molecule has 0 spiro atoms. The van der Waals surface area contributed by atoms with Crippen molar-refractivity contribution in [3.8, 4) is 11.8 Å². The van der Waals surface area contributed by atoms with E-state index >= 15 is 0 Å². The smallest absolute Gasteiger partial charge is 0.234 e. The molecule has 7 heteroatoms. The van der Waals surface area contributed by atoms with Crippen LogP contribution in [-0.4, -0.2) is 50.6 Å². The summed E-state index contributed by atoms with van der Waals surface area (Å²) in [5.74, 6) is 0.625. The van der Waals surface area contributed by atoms with Gasteiger partial charge in [-0.2, -0.15) is 5.26 Å². The molecule has 31 heavy (non-hydrogen) atoms. The van der Waals surface area contributed by atoms with Gasteiger partial charge in [-0.05, 0) is 41.8 Å². The zero-order chi connectivity index (χ0) is 22.4. The van der Waals surface area contributed by atoms with E-state index in [4.69, 9.17) is 10.00 Å². The molecular weight excluding hydrogens is 395 g/mol. The zero-order valence-electron chi connectivity index (χ0n) is 18.3. The summed E-state index contributed by atoms with van der Waals surface area (Å²) in [6, 6.07) is 14.2. The number of amides is 1. The summed E-state index contributed by atoms with van der Waals surface area (Å²) in [5.41, 5.74) is 1.86. The lowest BCUT2D eigenvalue weighted by Crippen LogP contribution is -2.50. The van der Waals surface area contributed by atoms with Crippen LogP contribution in [0.1, 0.15) is 31.0 Å². The third-order valence-corrected chi connectivity index (χ3v) is 5.62. The largest absolute Gasteiger partial charge is 0.497 e. The molecule has 1 atom stereocenters. The van der Waals surface area contributed by atoms with Crippen molar-refractivity contribution in [2.45, 2.75) is 19.9 Å². The van der Waals surface area contributed by atoms with Crippen LogP contribution < -0.4 is 15.0 Å². The topological polar surface area (TPSA) is 68.6 Å². The Hall–Kier alpha value is -3.11. The number of carbonyl (C=O) groups is 1. The van der Waals surface area contributed by atoms with Gasteiger partial charge in [0, 0.05) is 26.2 Å². The molecule has 1 aliphatic rings. The summed E-state index contributed by atoms with van der Waals surface area (Å²) in [6.45, 7) is 7.07. The Balaban J connectivity index is 1.54. The fourth-order valence-corrected chi connectivity index (χ4v) is 3.85. The molecule has 1 fully saturated rings. The molecule has 1 amide bonds. The fourth-order valence-electron chi connectivity index (χ4n) is 3.85. The Kier molecular flexibility index (Phi) is 7.48. The minimum atomic E-state index is -0.385. The number of rotatable bonds is 7. The number of ether oxygens (including phenoxy) is 1. The Bertz CT molecular complexity index is 932.